The molecule has 218 valence electrons. The van der Waals surface area contributed by atoms with E-state index >= 15 is 0 Å². The number of methoxy groups -OCH3 is 1. The summed E-state index contributed by atoms with van der Waals surface area (Å²) >= 11 is 0. The van der Waals surface area contributed by atoms with Crippen LogP contribution in [0.25, 0.3) is 6.08 Å². The fourth-order valence-corrected chi connectivity index (χ4v) is 4.08. The van der Waals surface area contributed by atoms with Crippen molar-refractivity contribution in [3.8, 4) is 17.2 Å². The van der Waals surface area contributed by atoms with Crippen molar-refractivity contribution < 1.29 is 38.6 Å². The minimum Gasteiger partial charge on any atom is -0.493 e. The number of anilines is 1. The lowest BCUT2D eigenvalue weighted by molar-refractivity contribution is -0.394. The average Bonchev–Trinajstić information content (AvgIpc) is 2.96. The van der Waals surface area contributed by atoms with E-state index < -0.39 is 49.6 Å². The zero-order valence-electron chi connectivity index (χ0n) is 22.0. The van der Waals surface area contributed by atoms with Crippen molar-refractivity contribution in [2.24, 2.45) is 0 Å². The number of urea groups is 1. The lowest BCUT2D eigenvalue weighted by atomic mass is 10.0. The first-order valence-electron chi connectivity index (χ1n) is 12.0. The fraction of sp³-hybridized carbons (Fsp3) is 0.0741. The first-order valence-corrected chi connectivity index (χ1v) is 12.0. The number of imide groups is 2. The molecule has 0 aromatic heterocycles. The van der Waals surface area contributed by atoms with Crippen molar-refractivity contribution in [2.75, 3.05) is 12.0 Å². The van der Waals surface area contributed by atoms with Crippen LogP contribution in [0.5, 0.6) is 17.2 Å². The molecular weight excluding hydrogens is 570 g/mol. The molecule has 0 spiro atoms. The van der Waals surface area contributed by atoms with Crippen LogP contribution >= 0.6 is 0 Å². The molecule has 1 saturated heterocycles. The maximum absolute atomic E-state index is 13.3. The molecule has 0 bridgehead atoms. The molecule has 4 rings (SSSR count). The van der Waals surface area contributed by atoms with Gasteiger partial charge in [0.2, 0.25) is 5.75 Å². The number of nitrogens with zero attached hydrogens (tertiary/aromatic N) is 4. The summed E-state index contributed by atoms with van der Waals surface area (Å²) in [4.78, 5) is 70.5. The lowest BCUT2D eigenvalue weighted by Crippen LogP contribution is -2.54. The second-order valence-electron chi connectivity index (χ2n) is 8.70. The van der Waals surface area contributed by atoms with Gasteiger partial charge in [0, 0.05) is 23.8 Å². The molecule has 0 radical (unpaired) electrons. The number of allylic oxidation sites excluding steroid dienone is 1. The quantitative estimate of drug-likeness (QED) is 0.113. The van der Waals surface area contributed by atoms with Crippen molar-refractivity contribution in [3.05, 3.63) is 114 Å². The third kappa shape index (κ3) is 6.02. The molecule has 3 aromatic carbocycles. The van der Waals surface area contributed by atoms with Gasteiger partial charge in [-0.05, 0) is 48.4 Å². The van der Waals surface area contributed by atoms with Crippen LogP contribution in [-0.4, -0.2) is 39.7 Å². The standard InChI is InChI=1S/C27H19N5O11/c1-3-4-16-11-15(13-23(42-2)24(16)43-22-10-9-19(31(38)39)14-21(22)32(40)41)12-20-25(33)28-27(35)29(26(20)34)17-5-7-18(8-6-17)30(36)37/h3,5-14H,1,4H2,2H3,(H,28,33,35)/b20-12+. The van der Waals surface area contributed by atoms with Gasteiger partial charge in [-0.2, -0.15) is 0 Å². The molecule has 0 atom stereocenters. The van der Waals surface area contributed by atoms with Gasteiger partial charge in [0.25, 0.3) is 23.2 Å². The third-order valence-electron chi connectivity index (χ3n) is 6.03. The largest absolute Gasteiger partial charge is 0.493 e. The molecule has 1 aliphatic heterocycles. The van der Waals surface area contributed by atoms with Gasteiger partial charge in [0.1, 0.15) is 5.57 Å². The van der Waals surface area contributed by atoms with Crippen LogP contribution in [0.2, 0.25) is 0 Å². The Labute approximate surface area is 240 Å². The number of carbonyl (C=O) groups is 3. The monoisotopic (exact) mass is 589 g/mol. The Hall–Kier alpha value is -6.45. The molecule has 1 fully saturated rings. The Morgan fingerprint density at radius 1 is 0.884 bits per heavy atom. The van der Waals surface area contributed by atoms with E-state index in [0.717, 1.165) is 30.3 Å². The van der Waals surface area contributed by atoms with Crippen LogP contribution in [0.4, 0.5) is 27.5 Å². The summed E-state index contributed by atoms with van der Waals surface area (Å²) in [6.07, 6.45) is 2.78. The third-order valence-corrected chi connectivity index (χ3v) is 6.03. The molecule has 0 aliphatic carbocycles. The molecule has 4 amide bonds. The summed E-state index contributed by atoms with van der Waals surface area (Å²) in [7, 11) is 1.27. The van der Waals surface area contributed by atoms with Gasteiger partial charge in [-0.3, -0.25) is 45.2 Å². The second kappa shape index (κ2) is 12.0. The summed E-state index contributed by atoms with van der Waals surface area (Å²) in [5.41, 5.74) is -1.36. The summed E-state index contributed by atoms with van der Waals surface area (Å²) in [6.45, 7) is 3.68. The first-order chi connectivity index (χ1) is 20.4. The van der Waals surface area contributed by atoms with Crippen LogP contribution in [0.1, 0.15) is 11.1 Å². The van der Waals surface area contributed by atoms with E-state index in [4.69, 9.17) is 9.47 Å². The minimum absolute atomic E-state index is 0.00334. The normalized spacial score (nSPS) is 13.8. The van der Waals surface area contributed by atoms with Crippen molar-refractivity contribution in [1.82, 2.24) is 5.32 Å². The predicted octanol–water partition coefficient (Wildman–Crippen LogP) is 4.61. The topological polar surface area (TPSA) is 214 Å². The zero-order valence-corrected chi connectivity index (χ0v) is 22.0. The van der Waals surface area contributed by atoms with Crippen molar-refractivity contribution in [2.45, 2.75) is 6.42 Å². The number of nitrogens with one attached hydrogen (secondary N) is 1. The van der Waals surface area contributed by atoms with E-state index in [-0.39, 0.29) is 40.6 Å². The van der Waals surface area contributed by atoms with E-state index in [1.807, 2.05) is 5.32 Å². The molecule has 16 heteroatoms. The molecule has 1 heterocycles. The average molecular weight is 589 g/mol. The Kier molecular flexibility index (Phi) is 8.22. The highest BCUT2D eigenvalue weighted by Crippen LogP contribution is 2.41. The number of ether oxygens (including phenoxy) is 2. The maximum Gasteiger partial charge on any atom is 0.335 e. The number of non-ortho nitro benzene ring substituents is 2. The molecule has 16 nitrogen and oxygen atoms in total. The number of hydrogen-bond acceptors (Lipinski definition) is 11. The van der Waals surface area contributed by atoms with Crippen LogP contribution < -0.4 is 19.7 Å². The lowest BCUT2D eigenvalue weighted by Gasteiger charge is -2.26. The highest BCUT2D eigenvalue weighted by molar-refractivity contribution is 6.39. The molecular formula is C27H19N5O11. The highest BCUT2D eigenvalue weighted by atomic mass is 16.6. The minimum atomic E-state index is -1.06. The maximum atomic E-state index is 13.3. The van der Waals surface area contributed by atoms with Crippen molar-refractivity contribution >= 4 is 46.7 Å². The molecule has 0 unspecified atom stereocenters. The molecule has 0 saturated carbocycles. The van der Waals surface area contributed by atoms with Gasteiger partial charge in [0.15, 0.2) is 11.5 Å². The summed E-state index contributed by atoms with van der Waals surface area (Å²) in [5, 5.41) is 35.7. The van der Waals surface area contributed by atoms with E-state index in [0.29, 0.717) is 10.5 Å². The number of carbonyl (C=O) groups excluding carboxylic acids is 3. The Bertz CT molecular complexity index is 1750. The number of nitro groups is 3. The van der Waals surface area contributed by atoms with Crippen LogP contribution in [0, 0.1) is 30.3 Å². The summed E-state index contributed by atoms with van der Waals surface area (Å²) < 4.78 is 11.2. The van der Waals surface area contributed by atoms with E-state index in [2.05, 4.69) is 6.58 Å². The van der Waals surface area contributed by atoms with Crippen LogP contribution in [-0.2, 0) is 16.0 Å². The number of nitro benzene ring substituents is 3. The summed E-state index contributed by atoms with van der Waals surface area (Å²) in [5.74, 6) is -2.30. The van der Waals surface area contributed by atoms with Crippen LogP contribution in [0.3, 0.4) is 0 Å². The Morgan fingerprint density at radius 2 is 1.53 bits per heavy atom. The van der Waals surface area contributed by atoms with Crippen LogP contribution in [0.15, 0.2) is 72.8 Å². The van der Waals surface area contributed by atoms with E-state index in [9.17, 15) is 44.7 Å². The molecule has 1 aliphatic rings. The molecule has 3 aromatic rings. The first kappa shape index (κ1) is 29.5. The molecule has 43 heavy (non-hydrogen) atoms. The number of barbiturate groups is 1. The smallest absolute Gasteiger partial charge is 0.335 e. The molecule has 1 N–H and O–H groups in total. The second-order valence-corrected chi connectivity index (χ2v) is 8.70. The van der Waals surface area contributed by atoms with Crippen molar-refractivity contribution in [3.63, 3.8) is 0 Å². The van der Waals surface area contributed by atoms with Gasteiger partial charge in [0.05, 0.1) is 33.6 Å². The van der Waals surface area contributed by atoms with Gasteiger partial charge in [-0.25, -0.2) is 9.69 Å². The summed E-state index contributed by atoms with van der Waals surface area (Å²) in [6, 6.07) is 9.18. The van der Waals surface area contributed by atoms with E-state index in [1.165, 1.54) is 43.5 Å². The van der Waals surface area contributed by atoms with Gasteiger partial charge < -0.3 is 9.47 Å². The van der Waals surface area contributed by atoms with Crippen molar-refractivity contribution in [1.29, 1.82) is 0 Å². The Balaban J connectivity index is 1.76. The number of benzene rings is 3. The predicted molar refractivity (Wildman–Crippen MR) is 149 cm³/mol. The number of rotatable bonds is 10. The number of hydrogen-bond donors (Lipinski definition) is 1. The Morgan fingerprint density at radius 3 is 2.12 bits per heavy atom. The van der Waals surface area contributed by atoms with Gasteiger partial charge >= 0.3 is 11.7 Å². The van der Waals surface area contributed by atoms with E-state index in [1.54, 1.807) is 0 Å². The van der Waals surface area contributed by atoms with Gasteiger partial charge in [-0.15, -0.1) is 6.58 Å². The zero-order chi connectivity index (χ0) is 31.4. The fourth-order valence-electron chi connectivity index (χ4n) is 4.08. The number of amides is 4. The van der Waals surface area contributed by atoms with Gasteiger partial charge in [-0.1, -0.05) is 6.08 Å². The SMILES string of the molecule is C=CCc1cc(/C=C2\C(=O)NC(=O)N(c3ccc([N+](=O)[O-])cc3)C2=O)cc(OC)c1Oc1ccc([N+](=O)[O-])cc1[N+](=O)[O-]. The highest BCUT2D eigenvalue weighted by Gasteiger charge is 2.37.